The smallest absolute Gasteiger partial charge is 0.239 e. The summed E-state index contributed by atoms with van der Waals surface area (Å²) < 4.78 is 21.6. The summed E-state index contributed by atoms with van der Waals surface area (Å²) in [6.45, 7) is 0.120. The summed E-state index contributed by atoms with van der Waals surface area (Å²) in [6.07, 6.45) is 0. The van der Waals surface area contributed by atoms with Crippen LogP contribution in [0.1, 0.15) is 15.9 Å². The number of Topliss-reactive ketones (excluding diaryl/α,β-unsaturated/α-hetero) is 1. The molecule has 2 bridgehead atoms. The zero-order chi connectivity index (χ0) is 14.9. The van der Waals surface area contributed by atoms with Gasteiger partial charge in [-0.1, -0.05) is 36.4 Å². The van der Waals surface area contributed by atoms with E-state index in [2.05, 4.69) is 0 Å². The minimum Gasteiger partial charge on any atom is -0.457 e. The van der Waals surface area contributed by atoms with Gasteiger partial charge in [0.15, 0.2) is 5.76 Å². The topological polar surface area (TPSA) is 54.0 Å². The largest absolute Gasteiger partial charge is 0.457 e. The summed E-state index contributed by atoms with van der Waals surface area (Å²) in [7, 11) is 0. The highest BCUT2D eigenvalue weighted by atomic mass is 16.7. The predicted octanol–water partition coefficient (Wildman–Crippen LogP) is 2.97. The van der Waals surface area contributed by atoms with Crippen LogP contribution in [0.5, 0.6) is 11.5 Å². The van der Waals surface area contributed by atoms with Gasteiger partial charge in [-0.05, 0) is 12.1 Å². The number of fused-ring (bicyclic) bond motifs is 2. The fraction of sp³-hybridized carbons (Fsp3) is 0.118. The molecule has 0 saturated carbocycles. The number of carbonyl (C=O) groups excluding carboxylic acids is 1. The van der Waals surface area contributed by atoms with Gasteiger partial charge in [0.25, 0.3) is 0 Å². The number of allylic oxidation sites excluding steroid dienone is 1. The molecule has 0 atom stereocenters. The molecule has 110 valence electrons. The zero-order valence-corrected chi connectivity index (χ0v) is 11.6. The third-order valence-corrected chi connectivity index (χ3v) is 3.50. The lowest BCUT2D eigenvalue weighted by molar-refractivity contribution is 0.0678. The molecular formula is C17H12O5. The van der Waals surface area contributed by atoms with Crippen molar-refractivity contribution in [2.45, 2.75) is 0 Å². The molecule has 0 saturated heterocycles. The van der Waals surface area contributed by atoms with Crippen molar-refractivity contribution in [1.82, 2.24) is 0 Å². The highest BCUT2D eigenvalue weighted by Gasteiger charge is 2.32. The van der Waals surface area contributed by atoms with Crippen molar-refractivity contribution >= 4 is 11.5 Å². The van der Waals surface area contributed by atoms with Crippen molar-refractivity contribution in [1.29, 1.82) is 0 Å². The second-order valence-electron chi connectivity index (χ2n) is 4.80. The number of rotatable bonds is 3. The van der Waals surface area contributed by atoms with E-state index in [0.717, 1.165) is 5.56 Å². The van der Waals surface area contributed by atoms with Crippen LogP contribution in [0.3, 0.4) is 0 Å². The first-order valence-corrected chi connectivity index (χ1v) is 6.83. The second kappa shape index (κ2) is 5.11. The van der Waals surface area contributed by atoms with Crippen molar-refractivity contribution < 1.29 is 23.7 Å². The number of hydrogen-bond acceptors (Lipinski definition) is 5. The molecule has 22 heavy (non-hydrogen) atoms. The van der Waals surface area contributed by atoms with Crippen LogP contribution in [-0.4, -0.2) is 19.4 Å². The monoisotopic (exact) mass is 296 g/mol. The lowest BCUT2D eigenvalue weighted by atomic mass is 10.0. The van der Waals surface area contributed by atoms with Gasteiger partial charge in [0.05, 0.1) is 0 Å². The number of ether oxygens (including phenoxy) is 4. The second-order valence-corrected chi connectivity index (χ2v) is 4.80. The number of hydrogen-bond donors (Lipinski definition) is 0. The Balaban J connectivity index is 1.80. The molecule has 0 aliphatic carbocycles. The van der Waals surface area contributed by atoms with E-state index in [1.807, 2.05) is 30.3 Å². The fourth-order valence-electron chi connectivity index (χ4n) is 2.50. The molecule has 2 aliphatic rings. The third-order valence-electron chi connectivity index (χ3n) is 3.50. The summed E-state index contributed by atoms with van der Waals surface area (Å²) in [5.41, 5.74) is 1.16. The molecule has 0 amide bonds. The average molecular weight is 296 g/mol. The van der Waals surface area contributed by atoms with Crippen molar-refractivity contribution in [3.63, 3.8) is 0 Å². The molecule has 0 unspecified atom stereocenters. The van der Waals surface area contributed by atoms with Crippen LogP contribution < -0.4 is 9.47 Å². The highest BCUT2D eigenvalue weighted by molar-refractivity contribution is 6.14. The quantitative estimate of drug-likeness (QED) is 0.815. The predicted molar refractivity (Wildman–Crippen MR) is 77.3 cm³/mol. The molecule has 0 aromatic heterocycles. The van der Waals surface area contributed by atoms with E-state index in [9.17, 15) is 4.79 Å². The SMILES string of the molecule is O=C(C1=C(c2ccccc2)OCO1)c1c2cccc1OCO2. The highest BCUT2D eigenvalue weighted by Crippen LogP contribution is 2.37. The van der Waals surface area contributed by atoms with Crippen molar-refractivity contribution in [2.75, 3.05) is 13.6 Å². The van der Waals surface area contributed by atoms with Gasteiger partial charge in [-0.15, -0.1) is 0 Å². The maximum absolute atomic E-state index is 12.8. The van der Waals surface area contributed by atoms with Crippen molar-refractivity contribution in [2.24, 2.45) is 0 Å². The maximum atomic E-state index is 12.8. The molecule has 0 N–H and O–H groups in total. The summed E-state index contributed by atoms with van der Waals surface area (Å²) in [5.74, 6) is 1.29. The van der Waals surface area contributed by atoms with E-state index in [0.29, 0.717) is 22.8 Å². The van der Waals surface area contributed by atoms with E-state index in [4.69, 9.17) is 18.9 Å². The van der Waals surface area contributed by atoms with Gasteiger partial charge >= 0.3 is 0 Å². The molecule has 5 heteroatoms. The molecular weight excluding hydrogens is 284 g/mol. The van der Waals surface area contributed by atoms with E-state index in [1.54, 1.807) is 18.2 Å². The van der Waals surface area contributed by atoms with Crippen LogP contribution in [0, 0.1) is 0 Å². The molecule has 2 aromatic rings. The van der Waals surface area contributed by atoms with E-state index in [-0.39, 0.29) is 25.1 Å². The summed E-state index contributed by atoms with van der Waals surface area (Å²) >= 11 is 0. The van der Waals surface area contributed by atoms with Crippen LogP contribution in [0.25, 0.3) is 5.76 Å². The van der Waals surface area contributed by atoms with Gasteiger partial charge in [-0.3, -0.25) is 4.79 Å². The first-order chi connectivity index (χ1) is 10.8. The minimum atomic E-state index is -0.304. The van der Waals surface area contributed by atoms with Gasteiger partial charge in [0.1, 0.15) is 17.1 Å². The lowest BCUT2D eigenvalue weighted by Crippen LogP contribution is -2.18. The molecule has 2 heterocycles. The minimum absolute atomic E-state index is 0.0184. The molecule has 5 nitrogen and oxygen atoms in total. The fourth-order valence-corrected chi connectivity index (χ4v) is 2.50. The van der Waals surface area contributed by atoms with Gasteiger partial charge in [0.2, 0.25) is 25.1 Å². The Bertz CT molecular complexity index is 742. The van der Waals surface area contributed by atoms with Gasteiger partial charge in [0, 0.05) is 5.56 Å². The van der Waals surface area contributed by atoms with E-state index in [1.165, 1.54) is 0 Å². The van der Waals surface area contributed by atoms with Crippen LogP contribution in [0.15, 0.2) is 54.3 Å². The third kappa shape index (κ3) is 1.98. The Morgan fingerprint density at radius 3 is 2.18 bits per heavy atom. The number of carbonyl (C=O) groups is 1. The Morgan fingerprint density at radius 2 is 1.45 bits per heavy atom. The first-order valence-electron chi connectivity index (χ1n) is 6.83. The summed E-state index contributed by atoms with van der Waals surface area (Å²) in [5, 5.41) is 0. The van der Waals surface area contributed by atoms with Gasteiger partial charge < -0.3 is 18.9 Å². The molecule has 2 aromatic carbocycles. The molecule has 0 fully saturated rings. The summed E-state index contributed by atoms with van der Waals surface area (Å²) in [6, 6.07) is 14.6. The first kappa shape index (κ1) is 12.8. The Kier molecular flexibility index (Phi) is 2.96. The van der Waals surface area contributed by atoms with Crippen molar-refractivity contribution in [3.05, 3.63) is 65.4 Å². The number of ketones is 1. The van der Waals surface area contributed by atoms with Gasteiger partial charge in [-0.2, -0.15) is 0 Å². The Labute approximate surface area is 126 Å². The van der Waals surface area contributed by atoms with Crippen LogP contribution in [-0.2, 0) is 9.47 Å². The standard InChI is InChI=1S/C17H12O5/c18-15(14-12-7-4-8-13(14)20-9-19-12)17-16(21-10-22-17)11-5-2-1-3-6-11/h1-8H,9-10H2. The number of benzene rings is 2. The average Bonchev–Trinajstić information content (AvgIpc) is 3.04. The molecule has 0 radical (unpaired) electrons. The van der Waals surface area contributed by atoms with Crippen LogP contribution in [0.4, 0.5) is 0 Å². The molecule has 4 rings (SSSR count). The Hall–Kier alpha value is -2.95. The van der Waals surface area contributed by atoms with E-state index >= 15 is 0 Å². The zero-order valence-electron chi connectivity index (χ0n) is 11.6. The maximum Gasteiger partial charge on any atom is 0.239 e. The van der Waals surface area contributed by atoms with E-state index < -0.39 is 0 Å². The van der Waals surface area contributed by atoms with Gasteiger partial charge in [-0.25, -0.2) is 0 Å². The van der Waals surface area contributed by atoms with Crippen LogP contribution in [0.2, 0.25) is 0 Å². The lowest BCUT2D eigenvalue weighted by Gasteiger charge is -2.20. The summed E-state index contributed by atoms with van der Waals surface area (Å²) in [4.78, 5) is 12.8. The molecule has 2 aliphatic heterocycles. The van der Waals surface area contributed by atoms with Crippen molar-refractivity contribution in [3.8, 4) is 11.5 Å². The molecule has 0 spiro atoms. The normalized spacial score (nSPS) is 15.5. The Morgan fingerprint density at radius 1 is 0.773 bits per heavy atom. The van der Waals surface area contributed by atoms with Crippen LogP contribution >= 0.6 is 0 Å².